The van der Waals surface area contributed by atoms with Crippen molar-refractivity contribution >= 4 is 56.9 Å². The van der Waals surface area contributed by atoms with Gasteiger partial charge in [0.25, 0.3) is 5.91 Å². The first-order valence-electron chi connectivity index (χ1n) is 9.27. The number of hydrogen-bond donors (Lipinski definition) is 3. The number of hydrogen-bond acceptors (Lipinski definition) is 5. The molecule has 10 heteroatoms. The quantitative estimate of drug-likeness (QED) is 0.418. The van der Waals surface area contributed by atoms with Crippen LogP contribution in [-0.2, 0) is 4.79 Å². The van der Waals surface area contributed by atoms with E-state index >= 15 is 0 Å². The van der Waals surface area contributed by atoms with E-state index in [1.807, 2.05) is 13.0 Å². The van der Waals surface area contributed by atoms with Crippen molar-refractivity contribution in [2.45, 2.75) is 30.7 Å². The minimum Gasteiger partial charge on any atom is -0.358 e. The van der Waals surface area contributed by atoms with Crippen LogP contribution in [0, 0.1) is 6.92 Å². The molecule has 0 radical (unpaired) electrons. The maximum atomic E-state index is 12.4. The number of rotatable bonds is 6. The van der Waals surface area contributed by atoms with E-state index in [1.54, 1.807) is 19.2 Å². The molecule has 0 unspecified atom stereocenters. The number of nitrogens with zero attached hydrogens (tertiary/aromatic N) is 2. The zero-order chi connectivity index (χ0) is 21.0. The maximum Gasteiger partial charge on any atom is 0.267 e. The van der Waals surface area contributed by atoms with E-state index < -0.39 is 0 Å². The van der Waals surface area contributed by atoms with Gasteiger partial charge in [-0.15, -0.1) is 11.8 Å². The lowest BCUT2D eigenvalue weighted by atomic mass is 10.0. The van der Waals surface area contributed by atoms with Crippen molar-refractivity contribution in [1.82, 2.24) is 20.6 Å². The number of aromatic nitrogens is 2. The Balaban J connectivity index is 1.56. The second kappa shape index (κ2) is 9.86. The Hall–Kier alpha value is -1.71. The van der Waals surface area contributed by atoms with Crippen molar-refractivity contribution in [3.05, 3.63) is 39.2 Å². The second-order valence-corrected chi connectivity index (χ2v) is 9.13. The molecule has 3 rings (SSSR count). The number of carbonyl (C=O) groups is 2. The first-order chi connectivity index (χ1) is 13.9. The average molecular weight is 501 g/mol. The Morgan fingerprint density at radius 2 is 2.07 bits per heavy atom. The summed E-state index contributed by atoms with van der Waals surface area (Å²) in [4.78, 5) is 34.5. The molecular weight excluding hydrogens is 478 g/mol. The van der Waals surface area contributed by atoms with Crippen LogP contribution in [0.5, 0.6) is 0 Å². The van der Waals surface area contributed by atoms with Gasteiger partial charge in [-0.2, -0.15) is 0 Å². The largest absolute Gasteiger partial charge is 0.358 e. The SMILES string of the molecule is CNC(=O)CSc1cc(Cl)nc(N2CCC(NC(=O)c3cc(Br)c(C)[nH]3)CC2)c1. The Morgan fingerprint density at radius 3 is 2.69 bits per heavy atom. The van der Waals surface area contributed by atoms with Crippen molar-refractivity contribution in [1.29, 1.82) is 0 Å². The molecule has 3 N–H and O–H groups in total. The summed E-state index contributed by atoms with van der Waals surface area (Å²) in [6, 6.07) is 5.63. The fraction of sp³-hybridized carbons (Fsp3) is 0.421. The predicted octanol–water partition coefficient (Wildman–Crippen LogP) is 3.37. The van der Waals surface area contributed by atoms with Gasteiger partial charge in [-0.3, -0.25) is 9.59 Å². The molecule has 0 bridgehead atoms. The number of nitrogens with one attached hydrogen (secondary N) is 3. The summed E-state index contributed by atoms with van der Waals surface area (Å²) >= 11 is 11.0. The molecule has 156 valence electrons. The van der Waals surface area contributed by atoms with Gasteiger partial charge in [0.05, 0.1) is 5.75 Å². The Labute approximate surface area is 187 Å². The first kappa shape index (κ1) is 22.0. The highest BCUT2D eigenvalue weighted by atomic mass is 79.9. The molecule has 1 aliphatic rings. The van der Waals surface area contributed by atoms with Crippen LogP contribution < -0.4 is 15.5 Å². The van der Waals surface area contributed by atoms with Gasteiger partial charge in [-0.05, 0) is 53.9 Å². The van der Waals surface area contributed by atoms with Crippen LogP contribution in [0.1, 0.15) is 29.0 Å². The van der Waals surface area contributed by atoms with Gasteiger partial charge in [0.15, 0.2) is 0 Å². The minimum absolute atomic E-state index is 0.0367. The van der Waals surface area contributed by atoms with E-state index in [0.29, 0.717) is 16.6 Å². The Kier molecular flexibility index (Phi) is 7.48. The van der Waals surface area contributed by atoms with Crippen molar-refractivity contribution in [3.8, 4) is 0 Å². The number of aromatic amines is 1. The number of H-pyrrole nitrogens is 1. The molecule has 1 saturated heterocycles. The zero-order valence-corrected chi connectivity index (χ0v) is 19.4. The summed E-state index contributed by atoms with van der Waals surface area (Å²) in [5.41, 5.74) is 1.49. The van der Waals surface area contributed by atoms with Crippen LogP contribution in [0.15, 0.2) is 27.6 Å². The smallest absolute Gasteiger partial charge is 0.267 e. The van der Waals surface area contributed by atoms with Crippen LogP contribution in [0.2, 0.25) is 5.15 Å². The third kappa shape index (κ3) is 5.90. The number of halogens is 2. The number of amides is 2. The van der Waals surface area contributed by atoms with E-state index in [0.717, 1.165) is 46.8 Å². The van der Waals surface area contributed by atoms with E-state index in [1.165, 1.54) is 11.8 Å². The van der Waals surface area contributed by atoms with Gasteiger partial charge in [-0.25, -0.2) is 4.98 Å². The van der Waals surface area contributed by atoms with Crippen LogP contribution >= 0.6 is 39.3 Å². The minimum atomic E-state index is -0.0917. The lowest BCUT2D eigenvalue weighted by Gasteiger charge is -2.33. The lowest BCUT2D eigenvalue weighted by Crippen LogP contribution is -2.45. The van der Waals surface area contributed by atoms with E-state index in [2.05, 4.69) is 41.4 Å². The molecular formula is C19H23BrClN5O2S. The topological polar surface area (TPSA) is 90.1 Å². The molecule has 0 atom stereocenters. The van der Waals surface area contributed by atoms with Crippen molar-refractivity contribution in [3.63, 3.8) is 0 Å². The molecule has 0 spiro atoms. The third-order valence-electron chi connectivity index (χ3n) is 4.75. The number of carbonyl (C=O) groups excluding carboxylic acids is 2. The van der Waals surface area contributed by atoms with Gasteiger partial charge in [0, 0.05) is 41.2 Å². The normalized spacial score (nSPS) is 14.7. The summed E-state index contributed by atoms with van der Waals surface area (Å²) in [5, 5.41) is 6.11. The van der Waals surface area contributed by atoms with Gasteiger partial charge in [-0.1, -0.05) is 11.6 Å². The van der Waals surface area contributed by atoms with E-state index in [9.17, 15) is 9.59 Å². The fourth-order valence-electron chi connectivity index (χ4n) is 3.10. The molecule has 2 aromatic heterocycles. The van der Waals surface area contributed by atoms with Crippen LogP contribution in [0.25, 0.3) is 0 Å². The van der Waals surface area contributed by atoms with Crippen molar-refractivity contribution in [2.24, 2.45) is 0 Å². The number of anilines is 1. The summed E-state index contributed by atoms with van der Waals surface area (Å²) in [7, 11) is 1.62. The molecule has 29 heavy (non-hydrogen) atoms. The molecule has 2 aromatic rings. The van der Waals surface area contributed by atoms with Gasteiger partial charge >= 0.3 is 0 Å². The number of pyridine rings is 1. The van der Waals surface area contributed by atoms with E-state index in [-0.39, 0.29) is 17.9 Å². The fourth-order valence-corrected chi connectivity index (χ4v) is 4.52. The lowest BCUT2D eigenvalue weighted by molar-refractivity contribution is -0.118. The molecule has 7 nitrogen and oxygen atoms in total. The summed E-state index contributed by atoms with van der Waals surface area (Å²) in [6.07, 6.45) is 1.64. The number of piperidine rings is 1. The average Bonchev–Trinajstić information content (AvgIpc) is 3.05. The van der Waals surface area contributed by atoms with Gasteiger partial charge < -0.3 is 20.5 Å². The van der Waals surface area contributed by atoms with Crippen molar-refractivity contribution < 1.29 is 9.59 Å². The summed E-state index contributed by atoms with van der Waals surface area (Å²) in [5.74, 6) is 1.00. The molecule has 0 aliphatic carbocycles. The third-order valence-corrected chi connectivity index (χ3v) is 6.75. The van der Waals surface area contributed by atoms with E-state index in [4.69, 9.17) is 11.6 Å². The van der Waals surface area contributed by atoms with Crippen LogP contribution in [-0.4, -0.2) is 53.7 Å². The van der Waals surface area contributed by atoms with Crippen LogP contribution in [0.3, 0.4) is 0 Å². The molecule has 0 aromatic carbocycles. The van der Waals surface area contributed by atoms with Gasteiger partial charge in [0.1, 0.15) is 16.7 Å². The molecule has 0 saturated carbocycles. The standard InChI is InChI=1S/C19H23BrClN5O2S/c1-11-14(20)9-15(23-11)19(28)24-12-3-5-26(6-4-12)17-8-13(7-16(21)25-17)29-10-18(27)22-2/h7-9,12,23H,3-6,10H2,1-2H3,(H,22,27)(H,24,28). The van der Waals surface area contributed by atoms with Crippen LogP contribution in [0.4, 0.5) is 5.82 Å². The molecule has 1 aliphatic heterocycles. The maximum absolute atomic E-state index is 12.4. The Morgan fingerprint density at radius 1 is 1.34 bits per heavy atom. The van der Waals surface area contributed by atoms with Crippen molar-refractivity contribution in [2.75, 3.05) is 30.8 Å². The molecule has 3 heterocycles. The zero-order valence-electron chi connectivity index (χ0n) is 16.2. The second-order valence-electron chi connectivity index (χ2n) is 6.84. The van der Waals surface area contributed by atoms with Gasteiger partial charge in [0.2, 0.25) is 5.91 Å². The summed E-state index contributed by atoms with van der Waals surface area (Å²) < 4.78 is 0.898. The highest BCUT2D eigenvalue weighted by molar-refractivity contribution is 9.10. The first-order valence-corrected chi connectivity index (χ1v) is 11.4. The molecule has 1 fully saturated rings. The Bertz CT molecular complexity index is 879. The highest BCUT2D eigenvalue weighted by Gasteiger charge is 2.23. The summed E-state index contributed by atoms with van der Waals surface area (Å²) in [6.45, 7) is 3.45. The predicted molar refractivity (Wildman–Crippen MR) is 120 cm³/mol. The number of aryl methyl sites for hydroxylation is 1. The monoisotopic (exact) mass is 499 g/mol. The highest BCUT2D eigenvalue weighted by Crippen LogP contribution is 2.27. The number of thioether (sulfide) groups is 1. The molecule has 2 amide bonds.